The number of carbonyl (C=O) groups is 2. The van der Waals surface area contributed by atoms with Crippen LogP contribution in [-0.2, 0) is 9.59 Å². The van der Waals surface area contributed by atoms with Gasteiger partial charge in [0.15, 0.2) is 0 Å². The first-order chi connectivity index (χ1) is 17.6. The molecule has 1 aromatic carbocycles. The van der Waals surface area contributed by atoms with Gasteiger partial charge in [0.2, 0.25) is 11.8 Å². The summed E-state index contributed by atoms with van der Waals surface area (Å²) < 4.78 is 28.9. The van der Waals surface area contributed by atoms with Gasteiger partial charge in [0.05, 0.1) is 11.7 Å². The molecule has 3 heterocycles. The van der Waals surface area contributed by atoms with Crippen molar-refractivity contribution in [2.45, 2.75) is 84.3 Å². The number of aromatic amines is 1. The first-order valence-corrected chi connectivity index (χ1v) is 13.4. The summed E-state index contributed by atoms with van der Waals surface area (Å²) in [6, 6.07) is 2.69. The lowest BCUT2D eigenvalue weighted by Crippen LogP contribution is -2.73. The molecule has 0 saturated carbocycles. The molecule has 2 aliphatic heterocycles. The summed E-state index contributed by atoms with van der Waals surface area (Å²) in [7, 11) is 0. The van der Waals surface area contributed by atoms with Crippen LogP contribution in [0.2, 0.25) is 0 Å². The summed E-state index contributed by atoms with van der Waals surface area (Å²) in [4.78, 5) is 31.2. The normalized spacial score (nSPS) is 21.1. The van der Waals surface area contributed by atoms with Crippen molar-refractivity contribution in [2.75, 3.05) is 19.6 Å². The second kappa shape index (κ2) is 10.9. The lowest BCUT2D eigenvalue weighted by molar-refractivity contribution is -0.162. The molecule has 2 saturated heterocycles. The molecule has 2 aromatic rings. The predicted octanol–water partition coefficient (Wildman–Crippen LogP) is 4.40. The quantitative estimate of drug-likeness (QED) is 0.546. The third kappa shape index (κ3) is 5.15. The third-order valence-corrected chi connectivity index (χ3v) is 7.96. The molecule has 2 fully saturated rings. The minimum Gasteiger partial charge on any atom is -0.342 e. The van der Waals surface area contributed by atoms with Gasteiger partial charge in [0.25, 0.3) is 0 Å². The number of unbranched alkanes of at least 4 members (excludes halogenated alkanes) is 1. The largest absolute Gasteiger partial charge is 0.342 e. The van der Waals surface area contributed by atoms with Crippen molar-refractivity contribution in [3.05, 3.63) is 52.3 Å². The summed E-state index contributed by atoms with van der Waals surface area (Å²) in [5, 5.41) is 10.3. The zero-order chi connectivity index (χ0) is 26.9. The Balaban J connectivity index is 1.66. The van der Waals surface area contributed by atoms with E-state index >= 15 is 4.39 Å². The van der Waals surface area contributed by atoms with Gasteiger partial charge in [-0.3, -0.25) is 19.6 Å². The zero-order valence-corrected chi connectivity index (χ0v) is 22.5. The molecule has 1 spiro atoms. The van der Waals surface area contributed by atoms with Gasteiger partial charge in [-0.25, -0.2) is 8.78 Å². The number of halogens is 2. The second-order valence-corrected chi connectivity index (χ2v) is 11.0. The predicted molar refractivity (Wildman–Crippen MR) is 138 cm³/mol. The van der Waals surface area contributed by atoms with Crippen LogP contribution in [0.3, 0.4) is 0 Å². The molecule has 2 amide bonds. The molecule has 2 atom stereocenters. The van der Waals surface area contributed by atoms with E-state index in [0.717, 1.165) is 35.9 Å². The average molecular weight is 516 g/mol. The highest BCUT2D eigenvalue weighted by Gasteiger charge is 2.54. The standard InChI is InChI=1S/C28H39F2N5O2/c1-6-7-12-35-26(36)23(15-17(2)3)31-27(37)28(35)10-13-34(14-11-28)25(24-18(4)32-33-19(24)5)21-9-8-20(29)16-22(21)30/h8-9,16-17,23,25H,6-7,10-15H2,1-5H3,(H,31,37)(H,32,33)/t23-,25?/m0/s1. The second-order valence-electron chi connectivity index (χ2n) is 11.0. The van der Waals surface area contributed by atoms with Gasteiger partial charge in [-0.05, 0) is 51.5 Å². The molecule has 0 aliphatic carbocycles. The molecule has 1 unspecified atom stereocenters. The summed E-state index contributed by atoms with van der Waals surface area (Å²) >= 11 is 0. The van der Waals surface area contributed by atoms with Crippen molar-refractivity contribution in [2.24, 2.45) is 5.92 Å². The van der Waals surface area contributed by atoms with Crippen molar-refractivity contribution >= 4 is 11.8 Å². The Morgan fingerprint density at radius 2 is 1.86 bits per heavy atom. The van der Waals surface area contributed by atoms with Crippen molar-refractivity contribution in [3.8, 4) is 0 Å². The molecule has 9 heteroatoms. The van der Waals surface area contributed by atoms with Crippen molar-refractivity contribution in [3.63, 3.8) is 0 Å². The van der Waals surface area contributed by atoms with E-state index in [-0.39, 0.29) is 17.7 Å². The Morgan fingerprint density at radius 1 is 1.16 bits per heavy atom. The van der Waals surface area contributed by atoms with Crippen LogP contribution >= 0.6 is 0 Å². The van der Waals surface area contributed by atoms with Crippen LogP contribution in [0, 0.1) is 31.4 Å². The summed E-state index contributed by atoms with van der Waals surface area (Å²) in [6.45, 7) is 11.4. The molecule has 4 rings (SSSR count). The van der Waals surface area contributed by atoms with Crippen LogP contribution in [0.25, 0.3) is 0 Å². The topological polar surface area (TPSA) is 81.3 Å². The van der Waals surface area contributed by atoms with Crippen LogP contribution < -0.4 is 5.32 Å². The Labute approximate surface area is 218 Å². The number of carbonyl (C=O) groups excluding carboxylic acids is 2. The van der Waals surface area contributed by atoms with Gasteiger partial charge < -0.3 is 10.2 Å². The summed E-state index contributed by atoms with van der Waals surface area (Å²) in [5.74, 6) is -1.05. The third-order valence-electron chi connectivity index (χ3n) is 7.96. The SMILES string of the molecule is CCCCN1C(=O)[C@H](CC(C)C)NC(=O)C12CCN(C(c1ccc(F)cc1F)c1c(C)n[nH]c1C)CC2. The smallest absolute Gasteiger partial charge is 0.246 e. The molecule has 202 valence electrons. The average Bonchev–Trinajstić information content (AvgIpc) is 3.17. The monoisotopic (exact) mass is 515 g/mol. The number of benzene rings is 1. The number of amides is 2. The first-order valence-electron chi connectivity index (χ1n) is 13.4. The van der Waals surface area contributed by atoms with Gasteiger partial charge >= 0.3 is 0 Å². The minimum atomic E-state index is -0.914. The van der Waals surface area contributed by atoms with E-state index in [0.29, 0.717) is 44.5 Å². The van der Waals surface area contributed by atoms with E-state index in [1.54, 1.807) is 0 Å². The molecule has 37 heavy (non-hydrogen) atoms. The molecule has 0 bridgehead atoms. The van der Waals surface area contributed by atoms with E-state index in [1.165, 1.54) is 12.1 Å². The molecular formula is C28H39F2N5O2. The van der Waals surface area contributed by atoms with Crippen molar-refractivity contribution < 1.29 is 18.4 Å². The zero-order valence-electron chi connectivity index (χ0n) is 22.5. The van der Waals surface area contributed by atoms with E-state index in [9.17, 15) is 14.0 Å². The van der Waals surface area contributed by atoms with Gasteiger partial charge in [0.1, 0.15) is 23.2 Å². The fourth-order valence-electron chi connectivity index (χ4n) is 6.02. The fourth-order valence-corrected chi connectivity index (χ4v) is 6.02. The molecule has 2 aliphatic rings. The van der Waals surface area contributed by atoms with Gasteiger partial charge in [-0.2, -0.15) is 5.10 Å². The maximum absolute atomic E-state index is 15.1. The van der Waals surface area contributed by atoms with Gasteiger partial charge in [-0.15, -0.1) is 0 Å². The Hall–Kier alpha value is -2.81. The van der Waals surface area contributed by atoms with Crippen LogP contribution in [0.5, 0.6) is 0 Å². The highest BCUT2D eigenvalue weighted by molar-refractivity contribution is 6.00. The van der Waals surface area contributed by atoms with Gasteiger partial charge in [0, 0.05) is 42.5 Å². The number of nitrogens with one attached hydrogen (secondary N) is 2. The number of aryl methyl sites for hydroxylation is 2. The number of piperidine rings is 1. The van der Waals surface area contributed by atoms with E-state index < -0.39 is 29.3 Å². The number of H-pyrrole nitrogens is 1. The molecule has 7 nitrogen and oxygen atoms in total. The number of piperazine rings is 1. The fraction of sp³-hybridized carbons (Fsp3) is 0.607. The van der Waals surface area contributed by atoms with E-state index in [1.807, 2.05) is 32.6 Å². The maximum Gasteiger partial charge on any atom is 0.246 e. The Morgan fingerprint density at radius 3 is 2.43 bits per heavy atom. The lowest BCUT2D eigenvalue weighted by Gasteiger charge is -2.52. The maximum atomic E-state index is 15.1. The highest BCUT2D eigenvalue weighted by Crippen LogP contribution is 2.40. The number of likely N-dealkylation sites (tertiary alicyclic amines) is 1. The van der Waals surface area contributed by atoms with Crippen molar-refractivity contribution in [1.82, 2.24) is 25.3 Å². The van der Waals surface area contributed by atoms with Crippen molar-refractivity contribution in [1.29, 1.82) is 0 Å². The van der Waals surface area contributed by atoms with Crippen LogP contribution in [-0.4, -0.2) is 63.0 Å². The van der Waals surface area contributed by atoms with Crippen LogP contribution in [0.4, 0.5) is 8.78 Å². The Bertz CT molecular complexity index is 1120. The number of nitrogens with zero attached hydrogens (tertiary/aromatic N) is 3. The Kier molecular flexibility index (Phi) is 8.02. The van der Waals surface area contributed by atoms with Crippen LogP contribution in [0.1, 0.15) is 81.4 Å². The minimum absolute atomic E-state index is 0.00199. The number of hydrogen-bond donors (Lipinski definition) is 2. The molecular weight excluding hydrogens is 476 g/mol. The molecule has 2 N–H and O–H groups in total. The highest BCUT2D eigenvalue weighted by atomic mass is 19.1. The number of rotatable bonds is 8. The molecule has 1 aromatic heterocycles. The summed E-state index contributed by atoms with van der Waals surface area (Å²) in [6.07, 6.45) is 3.25. The lowest BCUT2D eigenvalue weighted by atomic mass is 9.79. The van der Waals surface area contributed by atoms with E-state index in [2.05, 4.69) is 27.3 Å². The number of aromatic nitrogens is 2. The van der Waals surface area contributed by atoms with Crippen LogP contribution in [0.15, 0.2) is 18.2 Å². The number of hydrogen-bond acceptors (Lipinski definition) is 4. The summed E-state index contributed by atoms with van der Waals surface area (Å²) in [5.41, 5.74) is 1.87. The van der Waals surface area contributed by atoms with Gasteiger partial charge in [-0.1, -0.05) is 33.3 Å². The first kappa shape index (κ1) is 27.2. The van der Waals surface area contributed by atoms with E-state index in [4.69, 9.17) is 0 Å². The molecule has 0 radical (unpaired) electrons.